The van der Waals surface area contributed by atoms with Crippen LogP contribution in [-0.2, 0) is 20.8 Å². The molecule has 1 saturated heterocycles. The Balaban J connectivity index is 1.13. The fraction of sp³-hybridized carbons (Fsp3) is 0.281. The summed E-state index contributed by atoms with van der Waals surface area (Å²) >= 11 is 6.19. The number of benzene rings is 3. The van der Waals surface area contributed by atoms with Gasteiger partial charge in [0.15, 0.2) is 0 Å². The van der Waals surface area contributed by atoms with Crippen molar-refractivity contribution in [2.75, 3.05) is 5.32 Å². The smallest absolute Gasteiger partial charge is 0.248 e. The molecule has 2 bridgehead atoms. The zero-order valence-electron chi connectivity index (χ0n) is 21.1. The molecular formula is C32H27ClN2O4. The number of nitrogens with one attached hydrogen (secondary N) is 1. The summed E-state index contributed by atoms with van der Waals surface area (Å²) in [5, 5.41) is 3.44. The molecule has 0 radical (unpaired) electrons. The molecule has 1 aliphatic heterocycles. The number of ether oxygens (including phenoxy) is 1. The van der Waals surface area contributed by atoms with Crippen molar-refractivity contribution in [1.29, 1.82) is 0 Å². The second kappa shape index (κ2) is 9.38. The molecule has 1 heterocycles. The van der Waals surface area contributed by atoms with E-state index in [2.05, 4.69) is 17.5 Å². The van der Waals surface area contributed by atoms with Crippen LogP contribution in [0, 0.1) is 35.5 Å². The Morgan fingerprint density at radius 3 is 2.13 bits per heavy atom. The van der Waals surface area contributed by atoms with Crippen molar-refractivity contribution in [2.45, 2.75) is 18.9 Å². The summed E-state index contributed by atoms with van der Waals surface area (Å²) < 4.78 is 5.85. The normalized spacial score (nSPS) is 28.6. The number of carbonyl (C=O) groups is 3. The number of likely N-dealkylation sites (tertiary alicyclic amines) is 1. The SMILES string of the molecule is O=C(Nc1ccc(Oc2ccccc2Cl)cc1)C(Cc1ccccc1)N1C(=O)C2C3C=CC(C4CC34)C2C1=O. The van der Waals surface area contributed by atoms with Gasteiger partial charge in [-0.25, -0.2) is 0 Å². The molecule has 2 saturated carbocycles. The third-order valence-electron chi connectivity index (χ3n) is 8.77. The van der Waals surface area contributed by atoms with Crippen molar-refractivity contribution in [1.82, 2.24) is 4.90 Å². The van der Waals surface area contributed by atoms with Crippen molar-refractivity contribution in [3.8, 4) is 11.5 Å². The van der Waals surface area contributed by atoms with E-state index in [4.69, 9.17) is 16.3 Å². The molecule has 3 fully saturated rings. The van der Waals surface area contributed by atoms with Crippen LogP contribution in [-0.4, -0.2) is 28.7 Å². The molecule has 39 heavy (non-hydrogen) atoms. The van der Waals surface area contributed by atoms with Crippen LogP contribution in [0.4, 0.5) is 5.69 Å². The standard InChI is InChI=1S/C32H27ClN2O4/c33-25-8-4-5-9-27(25)39-20-12-10-19(11-13-20)34-30(36)26(16-18-6-2-1-3-7-18)35-31(37)28-21-14-15-22(24-17-23(21)24)29(28)32(35)38/h1-15,21-24,26,28-29H,16-17H2,(H,34,36). The van der Waals surface area contributed by atoms with Crippen LogP contribution in [0.15, 0.2) is 91.0 Å². The monoisotopic (exact) mass is 538 g/mol. The Morgan fingerprint density at radius 1 is 0.872 bits per heavy atom. The number of halogens is 1. The number of para-hydroxylation sites is 1. The summed E-state index contributed by atoms with van der Waals surface area (Å²) in [5.41, 5.74) is 1.43. The molecule has 7 unspecified atom stereocenters. The lowest BCUT2D eigenvalue weighted by atomic mass is 9.63. The molecule has 8 rings (SSSR count). The molecule has 3 amide bonds. The van der Waals surface area contributed by atoms with Crippen molar-refractivity contribution in [2.24, 2.45) is 35.5 Å². The van der Waals surface area contributed by atoms with Gasteiger partial charge in [0.1, 0.15) is 17.5 Å². The van der Waals surface area contributed by atoms with Gasteiger partial charge >= 0.3 is 0 Å². The first-order valence-corrected chi connectivity index (χ1v) is 13.8. The maximum Gasteiger partial charge on any atom is 0.248 e. The molecule has 1 N–H and O–H groups in total. The number of hydrogen-bond acceptors (Lipinski definition) is 4. The molecule has 0 aromatic heterocycles. The molecule has 0 spiro atoms. The van der Waals surface area contributed by atoms with Gasteiger partial charge < -0.3 is 10.1 Å². The number of rotatable bonds is 7. The van der Waals surface area contributed by atoms with E-state index >= 15 is 0 Å². The van der Waals surface area contributed by atoms with Crippen molar-refractivity contribution < 1.29 is 19.1 Å². The van der Waals surface area contributed by atoms with E-state index in [1.165, 1.54) is 4.90 Å². The largest absolute Gasteiger partial charge is 0.456 e. The molecular weight excluding hydrogens is 512 g/mol. The van der Waals surface area contributed by atoms with Gasteiger partial charge in [0.05, 0.1) is 16.9 Å². The van der Waals surface area contributed by atoms with Gasteiger partial charge in [0.25, 0.3) is 0 Å². The number of imide groups is 1. The highest BCUT2D eigenvalue weighted by Crippen LogP contribution is 2.65. The lowest BCUT2D eigenvalue weighted by molar-refractivity contribution is -0.146. The highest BCUT2D eigenvalue weighted by Gasteiger charge is 2.67. The van der Waals surface area contributed by atoms with Gasteiger partial charge in [-0.2, -0.15) is 0 Å². The molecule has 4 aliphatic carbocycles. The van der Waals surface area contributed by atoms with E-state index in [1.54, 1.807) is 36.4 Å². The number of amides is 3. The van der Waals surface area contributed by atoms with Crippen LogP contribution in [0.25, 0.3) is 0 Å². The Bertz CT molecular complexity index is 1450. The van der Waals surface area contributed by atoms with Gasteiger partial charge in [0, 0.05) is 12.1 Å². The number of hydrogen-bond donors (Lipinski definition) is 1. The summed E-state index contributed by atoms with van der Waals surface area (Å²) in [6, 6.07) is 22.7. The van der Waals surface area contributed by atoms with E-state index in [0.29, 0.717) is 34.0 Å². The highest BCUT2D eigenvalue weighted by molar-refractivity contribution is 6.32. The van der Waals surface area contributed by atoms with Crippen molar-refractivity contribution in [3.05, 3.63) is 102 Å². The molecule has 5 aliphatic rings. The predicted octanol–water partition coefficient (Wildman–Crippen LogP) is 5.74. The first-order valence-electron chi connectivity index (χ1n) is 13.4. The second-order valence-corrected chi connectivity index (χ2v) is 11.4. The minimum atomic E-state index is -0.937. The van der Waals surface area contributed by atoms with Gasteiger partial charge in [-0.15, -0.1) is 0 Å². The number of nitrogens with zero attached hydrogens (tertiary/aromatic N) is 1. The fourth-order valence-electron chi connectivity index (χ4n) is 6.91. The van der Waals surface area contributed by atoms with Crippen LogP contribution >= 0.6 is 11.6 Å². The highest BCUT2D eigenvalue weighted by atomic mass is 35.5. The minimum Gasteiger partial charge on any atom is -0.456 e. The van der Waals surface area contributed by atoms with Gasteiger partial charge in [-0.05, 0) is 72.1 Å². The molecule has 3 aromatic carbocycles. The van der Waals surface area contributed by atoms with E-state index in [0.717, 1.165) is 12.0 Å². The Morgan fingerprint density at radius 2 is 1.49 bits per heavy atom. The summed E-state index contributed by atoms with van der Waals surface area (Å²) in [5.74, 6) is 0.858. The Hall–Kier alpha value is -3.90. The molecule has 3 aromatic rings. The average molecular weight is 539 g/mol. The number of allylic oxidation sites excluding steroid dienone is 2. The van der Waals surface area contributed by atoms with Crippen LogP contribution < -0.4 is 10.1 Å². The first kappa shape index (κ1) is 24.2. The maximum absolute atomic E-state index is 13.8. The molecule has 196 valence electrons. The minimum absolute atomic E-state index is 0.109. The second-order valence-electron chi connectivity index (χ2n) is 11.0. The third kappa shape index (κ3) is 4.14. The van der Waals surface area contributed by atoms with Gasteiger partial charge in [0.2, 0.25) is 17.7 Å². The van der Waals surface area contributed by atoms with Crippen LogP contribution in [0.5, 0.6) is 11.5 Å². The van der Waals surface area contributed by atoms with Gasteiger partial charge in [-0.1, -0.05) is 66.2 Å². The molecule has 7 heteroatoms. The van der Waals surface area contributed by atoms with Crippen LogP contribution in [0.1, 0.15) is 12.0 Å². The topological polar surface area (TPSA) is 75.7 Å². The quantitative estimate of drug-likeness (QED) is 0.308. The average Bonchev–Trinajstić information content (AvgIpc) is 3.73. The van der Waals surface area contributed by atoms with E-state index < -0.39 is 6.04 Å². The van der Waals surface area contributed by atoms with Crippen LogP contribution in [0.2, 0.25) is 5.02 Å². The van der Waals surface area contributed by atoms with E-state index in [-0.39, 0.29) is 47.8 Å². The van der Waals surface area contributed by atoms with Crippen molar-refractivity contribution in [3.63, 3.8) is 0 Å². The molecule has 7 atom stereocenters. The summed E-state index contributed by atoms with van der Waals surface area (Å²) in [6.45, 7) is 0. The Kier molecular flexibility index (Phi) is 5.81. The fourth-order valence-corrected chi connectivity index (χ4v) is 7.09. The lowest BCUT2D eigenvalue weighted by Gasteiger charge is -2.37. The number of anilines is 1. The van der Waals surface area contributed by atoms with Crippen LogP contribution in [0.3, 0.4) is 0 Å². The summed E-state index contributed by atoms with van der Waals surface area (Å²) in [6.07, 6.45) is 5.65. The van der Waals surface area contributed by atoms with Gasteiger partial charge in [-0.3, -0.25) is 19.3 Å². The Labute approximate surface area is 231 Å². The van der Waals surface area contributed by atoms with E-state index in [9.17, 15) is 14.4 Å². The zero-order valence-corrected chi connectivity index (χ0v) is 21.8. The number of carbonyl (C=O) groups excluding carboxylic acids is 3. The third-order valence-corrected chi connectivity index (χ3v) is 9.08. The maximum atomic E-state index is 13.8. The predicted molar refractivity (Wildman–Crippen MR) is 147 cm³/mol. The molecule has 6 nitrogen and oxygen atoms in total. The summed E-state index contributed by atoms with van der Waals surface area (Å²) in [4.78, 5) is 42.6. The first-order chi connectivity index (χ1) is 19.0. The van der Waals surface area contributed by atoms with E-state index in [1.807, 2.05) is 42.5 Å². The zero-order chi connectivity index (χ0) is 26.7. The lowest BCUT2D eigenvalue weighted by Crippen LogP contribution is -2.49. The van der Waals surface area contributed by atoms with Crippen molar-refractivity contribution >= 4 is 35.0 Å². The summed E-state index contributed by atoms with van der Waals surface area (Å²) in [7, 11) is 0.